The molecule has 2 unspecified atom stereocenters. The highest BCUT2D eigenvalue weighted by atomic mass is 16.6. The van der Waals surface area contributed by atoms with Gasteiger partial charge in [0.2, 0.25) is 11.8 Å². The average Bonchev–Trinajstić information content (AvgIpc) is 3.07. The Hall–Kier alpha value is -2.94. The van der Waals surface area contributed by atoms with Gasteiger partial charge in [0, 0.05) is 38.2 Å². The molecule has 3 aliphatic heterocycles. The van der Waals surface area contributed by atoms with Gasteiger partial charge in [0.05, 0.1) is 12.0 Å². The average molecular weight is 428 g/mol. The summed E-state index contributed by atoms with van der Waals surface area (Å²) in [5.74, 6) is -1.58. The van der Waals surface area contributed by atoms with Crippen LogP contribution >= 0.6 is 0 Å². The number of hydrogen-bond donors (Lipinski definition) is 3. The quantitative estimate of drug-likeness (QED) is 0.612. The Morgan fingerprint density at radius 2 is 1.97 bits per heavy atom. The van der Waals surface area contributed by atoms with Gasteiger partial charge >= 0.3 is 6.09 Å². The second-order valence-corrected chi connectivity index (χ2v) is 9.18. The van der Waals surface area contributed by atoms with Crippen LogP contribution in [0.3, 0.4) is 0 Å². The van der Waals surface area contributed by atoms with Gasteiger partial charge in [-0.05, 0) is 43.9 Å². The van der Waals surface area contributed by atoms with E-state index in [0.717, 1.165) is 11.1 Å². The summed E-state index contributed by atoms with van der Waals surface area (Å²) in [5.41, 5.74) is 2.02. The van der Waals surface area contributed by atoms with Gasteiger partial charge in [-0.2, -0.15) is 0 Å². The molecule has 2 fully saturated rings. The molecule has 31 heavy (non-hydrogen) atoms. The number of nitrogens with zero attached hydrogens (tertiary/aromatic N) is 1. The van der Waals surface area contributed by atoms with Crippen LogP contribution in [0.2, 0.25) is 0 Å². The second-order valence-electron chi connectivity index (χ2n) is 9.18. The number of fused-ring (bicyclic) bond motifs is 1. The molecule has 2 saturated heterocycles. The van der Waals surface area contributed by atoms with Crippen LogP contribution in [0.1, 0.15) is 72.6 Å². The summed E-state index contributed by atoms with van der Waals surface area (Å²) in [6.45, 7) is 7.38. The molecule has 0 radical (unpaired) electrons. The Morgan fingerprint density at radius 1 is 1.19 bits per heavy atom. The van der Waals surface area contributed by atoms with Crippen molar-refractivity contribution >= 4 is 23.8 Å². The number of ether oxygens (including phenoxy) is 1. The van der Waals surface area contributed by atoms with E-state index in [9.17, 15) is 19.2 Å². The summed E-state index contributed by atoms with van der Waals surface area (Å²) in [6.07, 6.45) is 0.103. The number of rotatable bonds is 2. The highest BCUT2D eigenvalue weighted by molar-refractivity contribution is 6.05. The van der Waals surface area contributed by atoms with Crippen LogP contribution in [-0.4, -0.2) is 54.0 Å². The molecule has 166 valence electrons. The Morgan fingerprint density at radius 3 is 2.68 bits per heavy atom. The van der Waals surface area contributed by atoms with Crippen molar-refractivity contribution in [1.82, 2.24) is 20.9 Å². The van der Waals surface area contributed by atoms with Gasteiger partial charge in [-0.1, -0.05) is 12.1 Å². The fourth-order valence-corrected chi connectivity index (χ4v) is 4.52. The van der Waals surface area contributed by atoms with Gasteiger partial charge in [-0.15, -0.1) is 0 Å². The number of carbonyl (C=O) groups excluding carboxylic acids is 4. The fourth-order valence-electron chi connectivity index (χ4n) is 4.52. The van der Waals surface area contributed by atoms with E-state index < -0.39 is 29.6 Å². The number of imide groups is 1. The molecule has 1 aromatic carbocycles. The molecule has 0 spiro atoms. The van der Waals surface area contributed by atoms with Crippen molar-refractivity contribution in [2.45, 2.75) is 57.7 Å². The minimum Gasteiger partial charge on any atom is -0.444 e. The topological polar surface area (TPSA) is 117 Å². The smallest absolute Gasteiger partial charge is 0.410 e. The van der Waals surface area contributed by atoms with E-state index >= 15 is 0 Å². The summed E-state index contributed by atoms with van der Waals surface area (Å²) < 4.78 is 5.62. The first kappa shape index (κ1) is 21.3. The Bertz CT molecular complexity index is 952. The molecular weight excluding hydrogens is 400 g/mol. The number of piperazine rings is 1. The maximum atomic E-state index is 13.0. The van der Waals surface area contributed by atoms with E-state index in [0.29, 0.717) is 43.7 Å². The van der Waals surface area contributed by atoms with Gasteiger partial charge in [0.25, 0.3) is 5.91 Å². The van der Waals surface area contributed by atoms with E-state index in [-0.39, 0.29) is 18.2 Å². The Kier molecular flexibility index (Phi) is 5.47. The first-order valence-corrected chi connectivity index (χ1v) is 10.6. The minimum absolute atomic E-state index is 0.208. The van der Waals surface area contributed by atoms with E-state index in [1.54, 1.807) is 4.90 Å². The number of amides is 4. The molecule has 4 amide bonds. The van der Waals surface area contributed by atoms with Gasteiger partial charge < -0.3 is 15.4 Å². The molecule has 0 aromatic heterocycles. The maximum Gasteiger partial charge on any atom is 0.410 e. The number of carbonyl (C=O) groups is 4. The molecule has 3 heterocycles. The molecule has 1 aromatic rings. The van der Waals surface area contributed by atoms with Crippen LogP contribution < -0.4 is 16.0 Å². The summed E-state index contributed by atoms with van der Waals surface area (Å²) in [7, 11) is 0. The van der Waals surface area contributed by atoms with E-state index in [4.69, 9.17) is 4.74 Å². The molecule has 4 rings (SSSR count). The highest BCUT2D eigenvalue weighted by Crippen LogP contribution is 2.39. The van der Waals surface area contributed by atoms with E-state index in [1.807, 2.05) is 32.9 Å². The number of nitrogens with one attached hydrogen (secondary N) is 3. The molecule has 3 aliphatic rings. The fraction of sp³-hybridized carbons (Fsp3) is 0.545. The summed E-state index contributed by atoms with van der Waals surface area (Å²) in [5, 5.41) is 8.53. The SMILES string of the molecule is CC(C)(C)OC(=O)N1CCNCC1c1ccc2c(c1C1CCC(=O)NC1=O)C(=O)NC2. The minimum atomic E-state index is -0.642. The van der Waals surface area contributed by atoms with Crippen LogP contribution in [0, 0.1) is 0 Å². The van der Waals surface area contributed by atoms with Crippen molar-refractivity contribution < 1.29 is 23.9 Å². The zero-order valence-corrected chi connectivity index (χ0v) is 18.0. The third kappa shape index (κ3) is 4.14. The molecule has 3 N–H and O–H groups in total. The lowest BCUT2D eigenvalue weighted by Gasteiger charge is -2.39. The number of hydrogen-bond acceptors (Lipinski definition) is 6. The largest absolute Gasteiger partial charge is 0.444 e. The molecule has 9 heteroatoms. The molecular formula is C22H28N4O5. The molecule has 2 atom stereocenters. The molecule has 0 bridgehead atoms. The first-order valence-electron chi connectivity index (χ1n) is 10.6. The van der Waals surface area contributed by atoms with Crippen molar-refractivity contribution in [3.05, 3.63) is 34.4 Å². The third-order valence-corrected chi connectivity index (χ3v) is 5.85. The van der Waals surface area contributed by atoms with E-state index in [2.05, 4.69) is 16.0 Å². The molecule has 0 saturated carbocycles. The molecule has 0 aliphatic carbocycles. The number of piperidine rings is 1. The van der Waals surface area contributed by atoms with E-state index in [1.165, 1.54) is 0 Å². The van der Waals surface area contributed by atoms with Crippen molar-refractivity contribution in [3.8, 4) is 0 Å². The van der Waals surface area contributed by atoms with Crippen molar-refractivity contribution in [2.24, 2.45) is 0 Å². The van der Waals surface area contributed by atoms with Gasteiger partial charge in [0.15, 0.2) is 0 Å². The van der Waals surface area contributed by atoms with Crippen molar-refractivity contribution in [3.63, 3.8) is 0 Å². The summed E-state index contributed by atoms with van der Waals surface area (Å²) in [6, 6.07) is 3.37. The lowest BCUT2D eigenvalue weighted by atomic mass is 9.80. The predicted octanol–water partition coefficient (Wildman–Crippen LogP) is 1.33. The second kappa shape index (κ2) is 7.96. The zero-order valence-electron chi connectivity index (χ0n) is 18.0. The highest BCUT2D eigenvalue weighted by Gasteiger charge is 2.40. The normalized spacial score (nSPS) is 23.8. The van der Waals surface area contributed by atoms with Crippen molar-refractivity contribution in [2.75, 3.05) is 19.6 Å². The maximum absolute atomic E-state index is 13.0. The monoisotopic (exact) mass is 428 g/mol. The van der Waals surface area contributed by atoms with Gasteiger partial charge in [-0.3, -0.25) is 24.6 Å². The van der Waals surface area contributed by atoms with Crippen LogP contribution in [0.4, 0.5) is 4.79 Å². The zero-order chi connectivity index (χ0) is 22.3. The van der Waals surface area contributed by atoms with Crippen molar-refractivity contribution in [1.29, 1.82) is 0 Å². The van der Waals surface area contributed by atoms with Crippen LogP contribution in [0.5, 0.6) is 0 Å². The standard InChI is InChI=1S/C22H28N4O5/c1-22(2,3)31-21(30)26-9-8-23-11-15(26)13-5-4-12-10-24-20(29)17(12)18(13)14-6-7-16(27)25-19(14)28/h4-5,14-15,23H,6-11H2,1-3H3,(H,24,29)(H,25,27,28). The lowest BCUT2D eigenvalue weighted by Crippen LogP contribution is -2.50. The number of benzene rings is 1. The molecule has 9 nitrogen and oxygen atoms in total. The lowest BCUT2D eigenvalue weighted by molar-refractivity contribution is -0.134. The van der Waals surface area contributed by atoms with Gasteiger partial charge in [-0.25, -0.2) is 4.79 Å². The first-order chi connectivity index (χ1) is 14.7. The predicted molar refractivity (Wildman–Crippen MR) is 111 cm³/mol. The van der Waals surface area contributed by atoms with Crippen LogP contribution in [-0.2, 0) is 20.9 Å². The summed E-state index contributed by atoms with van der Waals surface area (Å²) >= 11 is 0. The third-order valence-electron chi connectivity index (χ3n) is 5.85. The Balaban J connectivity index is 1.79. The summed E-state index contributed by atoms with van der Waals surface area (Å²) in [4.78, 5) is 51.8. The van der Waals surface area contributed by atoms with Gasteiger partial charge in [0.1, 0.15) is 5.60 Å². The Labute approximate surface area is 180 Å². The van der Waals surface area contributed by atoms with Crippen LogP contribution in [0.25, 0.3) is 0 Å². The van der Waals surface area contributed by atoms with Crippen LogP contribution in [0.15, 0.2) is 12.1 Å².